The quantitative estimate of drug-likeness (QED) is 0.601. The third kappa shape index (κ3) is 6.16. The first-order valence-electron chi connectivity index (χ1n) is 7.76. The van der Waals surface area contributed by atoms with Crippen LogP contribution in [0.4, 0.5) is 0 Å². The molecular weight excluding hydrogens is 280 g/mol. The number of benzene rings is 1. The van der Waals surface area contributed by atoms with Gasteiger partial charge in [-0.3, -0.25) is 20.4 Å². The highest BCUT2D eigenvalue weighted by Crippen LogP contribution is 2.17. The zero-order chi connectivity index (χ0) is 16.5. The standard InChI is InChI=1S/C17H26N2O3/c1-5-6-7-8-16(20)18-19-17(21)14(4)22-15-10-9-12(2)13(3)11-15/h9-11,14H,5-8H2,1-4H3,(H,18,20)(H,19,21). The van der Waals surface area contributed by atoms with Crippen LogP contribution in [0.25, 0.3) is 0 Å². The highest BCUT2D eigenvalue weighted by atomic mass is 16.5. The van der Waals surface area contributed by atoms with E-state index in [1.54, 1.807) is 6.92 Å². The van der Waals surface area contributed by atoms with E-state index in [1.807, 2.05) is 32.0 Å². The first-order valence-corrected chi connectivity index (χ1v) is 7.76. The summed E-state index contributed by atoms with van der Waals surface area (Å²) in [7, 11) is 0. The Morgan fingerprint density at radius 2 is 1.86 bits per heavy atom. The van der Waals surface area contributed by atoms with Crippen LogP contribution in [0.1, 0.15) is 50.7 Å². The maximum Gasteiger partial charge on any atom is 0.279 e. The maximum atomic E-state index is 11.9. The van der Waals surface area contributed by atoms with Crippen molar-refractivity contribution >= 4 is 11.8 Å². The van der Waals surface area contributed by atoms with Crippen LogP contribution < -0.4 is 15.6 Å². The van der Waals surface area contributed by atoms with Gasteiger partial charge < -0.3 is 4.74 Å². The Morgan fingerprint density at radius 1 is 1.14 bits per heavy atom. The van der Waals surface area contributed by atoms with E-state index in [1.165, 1.54) is 5.56 Å². The smallest absolute Gasteiger partial charge is 0.279 e. The number of unbranched alkanes of at least 4 members (excludes halogenated alkanes) is 2. The van der Waals surface area contributed by atoms with Gasteiger partial charge in [-0.05, 0) is 50.5 Å². The molecule has 0 aromatic heterocycles. The molecule has 0 radical (unpaired) electrons. The van der Waals surface area contributed by atoms with Gasteiger partial charge in [0, 0.05) is 6.42 Å². The van der Waals surface area contributed by atoms with Gasteiger partial charge in [0.1, 0.15) is 5.75 Å². The van der Waals surface area contributed by atoms with E-state index in [9.17, 15) is 9.59 Å². The second-order valence-electron chi connectivity index (χ2n) is 5.50. The van der Waals surface area contributed by atoms with Crippen LogP contribution in [0.5, 0.6) is 5.75 Å². The van der Waals surface area contributed by atoms with Crippen LogP contribution >= 0.6 is 0 Å². The molecule has 0 aliphatic rings. The molecule has 0 fully saturated rings. The van der Waals surface area contributed by atoms with Gasteiger partial charge in [-0.25, -0.2) is 0 Å². The van der Waals surface area contributed by atoms with E-state index >= 15 is 0 Å². The first-order chi connectivity index (χ1) is 10.4. The molecule has 0 saturated carbocycles. The summed E-state index contributed by atoms with van der Waals surface area (Å²) in [5.41, 5.74) is 7.08. The zero-order valence-corrected chi connectivity index (χ0v) is 13.9. The molecule has 0 aliphatic heterocycles. The minimum Gasteiger partial charge on any atom is -0.481 e. The summed E-state index contributed by atoms with van der Waals surface area (Å²) in [5, 5.41) is 0. The van der Waals surface area contributed by atoms with Crippen LogP contribution in [-0.4, -0.2) is 17.9 Å². The lowest BCUT2D eigenvalue weighted by atomic mass is 10.1. The van der Waals surface area contributed by atoms with Crippen molar-refractivity contribution in [3.8, 4) is 5.75 Å². The Labute approximate surface area is 132 Å². The van der Waals surface area contributed by atoms with Crippen molar-refractivity contribution in [2.45, 2.75) is 59.5 Å². The summed E-state index contributed by atoms with van der Waals surface area (Å²) in [6, 6.07) is 5.67. The number of aryl methyl sites for hydroxylation is 2. The van der Waals surface area contributed by atoms with Crippen LogP contribution in [0.2, 0.25) is 0 Å². The predicted octanol–water partition coefficient (Wildman–Crippen LogP) is 2.80. The molecule has 22 heavy (non-hydrogen) atoms. The molecule has 0 bridgehead atoms. The van der Waals surface area contributed by atoms with Crippen LogP contribution in [0.15, 0.2) is 18.2 Å². The Bertz CT molecular complexity index is 515. The van der Waals surface area contributed by atoms with Crippen molar-refractivity contribution in [1.82, 2.24) is 10.9 Å². The van der Waals surface area contributed by atoms with E-state index in [-0.39, 0.29) is 11.8 Å². The van der Waals surface area contributed by atoms with Gasteiger partial charge in [-0.2, -0.15) is 0 Å². The van der Waals surface area contributed by atoms with Crippen molar-refractivity contribution in [2.75, 3.05) is 0 Å². The number of hydrogen-bond acceptors (Lipinski definition) is 3. The van der Waals surface area contributed by atoms with Gasteiger partial charge in [0.05, 0.1) is 0 Å². The molecular formula is C17H26N2O3. The minimum absolute atomic E-state index is 0.180. The summed E-state index contributed by atoms with van der Waals surface area (Å²) in [6.07, 6.45) is 2.62. The van der Waals surface area contributed by atoms with Crippen molar-refractivity contribution in [2.24, 2.45) is 0 Å². The van der Waals surface area contributed by atoms with Crippen molar-refractivity contribution in [1.29, 1.82) is 0 Å². The molecule has 5 nitrogen and oxygen atoms in total. The largest absolute Gasteiger partial charge is 0.481 e. The zero-order valence-electron chi connectivity index (χ0n) is 13.9. The number of nitrogens with one attached hydrogen (secondary N) is 2. The molecule has 1 unspecified atom stereocenters. The number of hydrazine groups is 1. The molecule has 2 N–H and O–H groups in total. The highest BCUT2D eigenvalue weighted by Gasteiger charge is 2.15. The summed E-state index contributed by atoms with van der Waals surface area (Å²) in [6.45, 7) is 7.73. The van der Waals surface area contributed by atoms with Gasteiger partial charge >= 0.3 is 0 Å². The van der Waals surface area contributed by atoms with E-state index in [4.69, 9.17) is 4.74 Å². The van der Waals surface area contributed by atoms with E-state index < -0.39 is 6.10 Å². The number of carbonyl (C=O) groups excluding carboxylic acids is 2. The monoisotopic (exact) mass is 306 g/mol. The summed E-state index contributed by atoms with van der Waals surface area (Å²) in [4.78, 5) is 23.4. The normalized spacial score (nSPS) is 11.6. The number of ether oxygens (including phenoxy) is 1. The van der Waals surface area contributed by atoms with E-state index in [2.05, 4.69) is 17.8 Å². The highest BCUT2D eigenvalue weighted by molar-refractivity contribution is 5.84. The van der Waals surface area contributed by atoms with Gasteiger partial charge in [0.15, 0.2) is 6.10 Å². The average Bonchev–Trinajstić information content (AvgIpc) is 2.48. The number of rotatable bonds is 7. The Balaban J connectivity index is 2.38. The molecule has 1 rings (SSSR count). The van der Waals surface area contributed by atoms with Crippen LogP contribution in [0.3, 0.4) is 0 Å². The maximum absolute atomic E-state index is 11.9. The summed E-state index contributed by atoms with van der Waals surface area (Å²) in [5.74, 6) is 0.0854. The molecule has 2 amide bonds. The molecule has 1 aromatic rings. The fraction of sp³-hybridized carbons (Fsp3) is 0.529. The first kappa shape index (κ1) is 18.0. The summed E-state index contributed by atoms with van der Waals surface area (Å²) >= 11 is 0. The lowest BCUT2D eigenvalue weighted by molar-refractivity contribution is -0.132. The van der Waals surface area contributed by atoms with Crippen LogP contribution in [0, 0.1) is 13.8 Å². The summed E-state index contributed by atoms with van der Waals surface area (Å²) < 4.78 is 5.58. The van der Waals surface area contributed by atoms with E-state index in [0.717, 1.165) is 24.8 Å². The third-order valence-corrected chi connectivity index (χ3v) is 3.49. The van der Waals surface area contributed by atoms with Gasteiger partial charge in [0.25, 0.3) is 5.91 Å². The molecule has 1 atom stereocenters. The Morgan fingerprint density at radius 3 is 2.50 bits per heavy atom. The predicted molar refractivity (Wildman–Crippen MR) is 86.4 cm³/mol. The van der Waals surface area contributed by atoms with E-state index in [0.29, 0.717) is 12.2 Å². The molecule has 5 heteroatoms. The molecule has 122 valence electrons. The fourth-order valence-corrected chi connectivity index (χ4v) is 1.88. The molecule has 0 heterocycles. The lowest BCUT2D eigenvalue weighted by Gasteiger charge is -2.16. The van der Waals surface area contributed by atoms with Gasteiger partial charge in [0.2, 0.25) is 5.91 Å². The fourth-order valence-electron chi connectivity index (χ4n) is 1.88. The second-order valence-corrected chi connectivity index (χ2v) is 5.50. The molecule has 1 aromatic carbocycles. The van der Waals surface area contributed by atoms with Crippen molar-refractivity contribution in [3.63, 3.8) is 0 Å². The topological polar surface area (TPSA) is 67.4 Å². The third-order valence-electron chi connectivity index (χ3n) is 3.49. The SMILES string of the molecule is CCCCCC(=O)NNC(=O)C(C)Oc1ccc(C)c(C)c1. The second kappa shape index (κ2) is 9.07. The number of carbonyl (C=O) groups is 2. The Kier molecular flexibility index (Phi) is 7.43. The van der Waals surface area contributed by atoms with Crippen molar-refractivity contribution in [3.05, 3.63) is 29.3 Å². The molecule has 0 spiro atoms. The molecule has 0 saturated heterocycles. The van der Waals surface area contributed by atoms with Crippen LogP contribution in [-0.2, 0) is 9.59 Å². The average molecular weight is 306 g/mol. The van der Waals surface area contributed by atoms with Gasteiger partial charge in [-0.1, -0.05) is 25.8 Å². The van der Waals surface area contributed by atoms with Gasteiger partial charge in [-0.15, -0.1) is 0 Å². The molecule has 0 aliphatic carbocycles. The Hall–Kier alpha value is -2.04. The van der Waals surface area contributed by atoms with Crippen molar-refractivity contribution < 1.29 is 14.3 Å². The number of hydrogen-bond donors (Lipinski definition) is 2. The lowest BCUT2D eigenvalue weighted by Crippen LogP contribution is -2.47. The number of amides is 2. The minimum atomic E-state index is -0.682.